The van der Waals surface area contributed by atoms with E-state index in [0.29, 0.717) is 6.04 Å². The molecule has 0 amide bonds. The summed E-state index contributed by atoms with van der Waals surface area (Å²) in [6.07, 6.45) is 9.40. The van der Waals surface area contributed by atoms with Gasteiger partial charge in [-0.05, 0) is 43.6 Å². The van der Waals surface area contributed by atoms with Gasteiger partial charge in [0.05, 0.1) is 0 Å². The Hall–Kier alpha value is -1.09. The SMILES string of the molecule is CC(NCc1ccn[nH]1)C1CC2C=CC1C2. The fraction of sp³-hybridized carbons (Fsp3) is 0.615. The number of nitrogens with one attached hydrogen (secondary N) is 2. The Morgan fingerprint density at radius 2 is 2.44 bits per heavy atom. The highest BCUT2D eigenvalue weighted by Crippen LogP contribution is 2.44. The van der Waals surface area contributed by atoms with Crippen molar-refractivity contribution in [1.29, 1.82) is 0 Å². The van der Waals surface area contributed by atoms with Gasteiger partial charge in [-0.15, -0.1) is 0 Å². The van der Waals surface area contributed by atoms with E-state index in [2.05, 4.69) is 34.6 Å². The molecule has 3 nitrogen and oxygen atoms in total. The Morgan fingerprint density at radius 3 is 3.06 bits per heavy atom. The van der Waals surface area contributed by atoms with E-state index in [-0.39, 0.29) is 0 Å². The van der Waals surface area contributed by atoms with Gasteiger partial charge >= 0.3 is 0 Å². The molecule has 1 heterocycles. The van der Waals surface area contributed by atoms with E-state index in [1.54, 1.807) is 0 Å². The van der Waals surface area contributed by atoms with Gasteiger partial charge in [0.2, 0.25) is 0 Å². The van der Waals surface area contributed by atoms with Crippen LogP contribution >= 0.6 is 0 Å². The molecule has 0 radical (unpaired) electrons. The summed E-state index contributed by atoms with van der Waals surface area (Å²) in [5.74, 6) is 2.53. The molecule has 0 saturated heterocycles. The molecule has 4 atom stereocenters. The number of allylic oxidation sites excluding steroid dienone is 2. The van der Waals surface area contributed by atoms with E-state index in [0.717, 1.165) is 24.3 Å². The van der Waals surface area contributed by atoms with Crippen LogP contribution in [-0.2, 0) is 6.54 Å². The molecule has 1 fully saturated rings. The minimum atomic E-state index is 0.600. The number of hydrogen-bond donors (Lipinski definition) is 2. The number of aromatic nitrogens is 2. The molecule has 86 valence electrons. The number of rotatable bonds is 4. The lowest BCUT2D eigenvalue weighted by atomic mass is 9.87. The number of H-pyrrole nitrogens is 1. The Bertz CT molecular complexity index is 369. The van der Waals surface area contributed by atoms with Crippen molar-refractivity contribution >= 4 is 0 Å². The summed E-state index contributed by atoms with van der Waals surface area (Å²) >= 11 is 0. The first kappa shape index (κ1) is 10.1. The average Bonchev–Trinajstić information content (AvgIpc) is 3.01. The highest BCUT2D eigenvalue weighted by atomic mass is 15.1. The van der Waals surface area contributed by atoms with Gasteiger partial charge in [-0.25, -0.2) is 0 Å². The van der Waals surface area contributed by atoms with Crippen LogP contribution in [0.25, 0.3) is 0 Å². The molecule has 2 aliphatic rings. The number of hydrogen-bond acceptors (Lipinski definition) is 2. The number of nitrogens with zero attached hydrogens (tertiary/aromatic N) is 1. The average molecular weight is 217 g/mol. The predicted octanol–water partition coefficient (Wildman–Crippen LogP) is 2.10. The van der Waals surface area contributed by atoms with Crippen molar-refractivity contribution in [3.8, 4) is 0 Å². The monoisotopic (exact) mass is 217 g/mol. The van der Waals surface area contributed by atoms with Crippen molar-refractivity contribution in [3.63, 3.8) is 0 Å². The normalized spacial score (nSPS) is 33.4. The van der Waals surface area contributed by atoms with Gasteiger partial charge in [0.1, 0.15) is 0 Å². The van der Waals surface area contributed by atoms with Crippen LogP contribution in [0.2, 0.25) is 0 Å². The van der Waals surface area contributed by atoms with Crippen LogP contribution in [0.3, 0.4) is 0 Å². The van der Waals surface area contributed by atoms with Gasteiger partial charge in [-0.2, -0.15) is 5.10 Å². The molecule has 16 heavy (non-hydrogen) atoms. The molecule has 0 aromatic carbocycles. The van der Waals surface area contributed by atoms with E-state index < -0.39 is 0 Å². The quantitative estimate of drug-likeness (QED) is 0.758. The Kier molecular flexibility index (Phi) is 2.56. The first-order valence-electron chi connectivity index (χ1n) is 6.23. The fourth-order valence-electron chi connectivity index (χ4n) is 3.20. The first-order valence-corrected chi connectivity index (χ1v) is 6.23. The first-order chi connectivity index (χ1) is 7.83. The van der Waals surface area contributed by atoms with Crippen LogP contribution in [0, 0.1) is 17.8 Å². The van der Waals surface area contributed by atoms with Crippen LogP contribution in [0.4, 0.5) is 0 Å². The minimum Gasteiger partial charge on any atom is -0.308 e. The van der Waals surface area contributed by atoms with Crippen LogP contribution in [0.5, 0.6) is 0 Å². The van der Waals surface area contributed by atoms with Crippen molar-refractivity contribution in [2.24, 2.45) is 17.8 Å². The van der Waals surface area contributed by atoms with Gasteiger partial charge in [0, 0.05) is 24.5 Å². The molecule has 1 saturated carbocycles. The summed E-state index contributed by atoms with van der Waals surface area (Å²) in [5, 5.41) is 10.6. The summed E-state index contributed by atoms with van der Waals surface area (Å²) in [7, 11) is 0. The molecular formula is C13H19N3. The van der Waals surface area contributed by atoms with Gasteiger partial charge in [0.15, 0.2) is 0 Å². The molecule has 2 N–H and O–H groups in total. The Labute approximate surface area is 96.3 Å². The van der Waals surface area contributed by atoms with Gasteiger partial charge in [-0.3, -0.25) is 5.10 Å². The summed E-state index contributed by atoms with van der Waals surface area (Å²) in [4.78, 5) is 0. The zero-order chi connectivity index (χ0) is 11.0. The summed E-state index contributed by atoms with van der Waals surface area (Å²) in [5.41, 5.74) is 1.17. The lowest BCUT2D eigenvalue weighted by Gasteiger charge is -2.26. The van der Waals surface area contributed by atoms with E-state index >= 15 is 0 Å². The maximum Gasteiger partial charge on any atom is 0.0490 e. The fourth-order valence-corrected chi connectivity index (χ4v) is 3.20. The molecule has 1 aromatic heterocycles. The summed E-state index contributed by atoms with van der Waals surface area (Å²) < 4.78 is 0. The van der Waals surface area contributed by atoms with E-state index in [9.17, 15) is 0 Å². The zero-order valence-corrected chi connectivity index (χ0v) is 9.69. The summed E-state index contributed by atoms with van der Waals surface area (Å²) in [6.45, 7) is 3.22. The minimum absolute atomic E-state index is 0.600. The van der Waals surface area contributed by atoms with Crippen molar-refractivity contribution in [1.82, 2.24) is 15.5 Å². The van der Waals surface area contributed by atoms with Crippen molar-refractivity contribution < 1.29 is 0 Å². The second kappa shape index (κ2) is 4.06. The highest BCUT2D eigenvalue weighted by Gasteiger charge is 2.38. The van der Waals surface area contributed by atoms with Crippen LogP contribution in [0.1, 0.15) is 25.5 Å². The van der Waals surface area contributed by atoms with Crippen LogP contribution in [0.15, 0.2) is 24.4 Å². The molecule has 3 rings (SSSR count). The maximum absolute atomic E-state index is 3.96. The largest absolute Gasteiger partial charge is 0.308 e. The molecular weight excluding hydrogens is 198 g/mol. The zero-order valence-electron chi connectivity index (χ0n) is 9.69. The number of fused-ring (bicyclic) bond motifs is 2. The molecule has 3 heteroatoms. The number of aromatic amines is 1. The van der Waals surface area contributed by atoms with E-state index in [1.807, 2.05) is 12.3 Å². The molecule has 0 spiro atoms. The van der Waals surface area contributed by atoms with Gasteiger partial charge in [-0.1, -0.05) is 12.2 Å². The Balaban J connectivity index is 1.54. The van der Waals surface area contributed by atoms with Crippen LogP contribution < -0.4 is 5.32 Å². The topological polar surface area (TPSA) is 40.7 Å². The highest BCUT2D eigenvalue weighted by molar-refractivity contribution is 5.11. The van der Waals surface area contributed by atoms with E-state index in [1.165, 1.54) is 18.5 Å². The Morgan fingerprint density at radius 1 is 1.50 bits per heavy atom. The lowest BCUT2D eigenvalue weighted by molar-refractivity contribution is 0.325. The molecule has 4 unspecified atom stereocenters. The molecule has 2 aliphatic carbocycles. The second-order valence-corrected chi connectivity index (χ2v) is 5.20. The van der Waals surface area contributed by atoms with Gasteiger partial charge in [0.25, 0.3) is 0 Å². The molecule has 1 aromatic rings. The maximum atomic E-state index is 3.96. The third-order valence-electron chi connectivity index (χ3n) is 4.15. The second-order valence-electron chi connectivity index (χ2n) is 5.20. The van der Waals surface area contributed by atoms with Crippen molar-refractivity contribution in [3.05, 3.63) is 30.1 Å². The lowest BCUT2D eigenvalue weighted by Crippen LogP contribution is -2.35. The third kappa shape index (κ3) is 1.80. The third-order valence-corrected chi connectivity index (χ3v) is 4.15. The summed E-state index contributed by atoms with van der Waals surface area (Å²) in [6, 6.07) is 2.63. The molecule has 2 bridgehead atoms. The molecule has 0 aliphatic heterocycles. The van der Waals surface area contributed by atoms with Crippen molar-refractivity contribution in [2.75, 3.05) is 0 Å². The smallest absolute Gasteiger partial charge is 0.0490 e. The van der Waals surface area contributed by atoms with Crippen LogP contribution in [-0.4, -0.2) is 16.2 Å². The van der Waals surface area contributed by atoms with Gasteiger partial charge < -0.3 is 5.32 Å². The van der Waals surface area contributed by atoms with Crippen molar-refractivity contribution in [2.45, 2.75) is 32.4 Å². The predicted molar refractivity (Wildman–Crippen MR) is 63.7 cm³/mol. The van der Waals surface area contributed by atoms with E-state index in [4.69, 9.17) is 0 Å². The standard InChI is InChI=1S/C13H19N3/c1-9(14-8-12-4-5-15-16-12)13-7-10-2-3-11(13)6-10/h2-5,9-11,13-14H,6-8H2,1H3,(H,15,16).